The molecule has 184 valence electrons. The molecule has 0 radical (unpaired) electrons. The average Bonchev–Trinajstić information content (AvgIpc) is 2.70. The molecular weight excluding hydrogens is 418 g/mol. The lowest BCUT2D eigenvalue weighted by atomic mass is 9.93. The first-order chi connectivity index (χ1) is 15.4. The normalized spacial score (nSPS) is 15.6. The van der Waals surface area contributed by atoms with Gasteiger partial charge < -0.3 is 20.3 Å². The van der Waals surface area contributed by atoms with Gasteiger partial charge in [0.15, 0.2) is 0 Å². The summed E-state index contributed by atoms with van der Waals surface area (Å²) in [6.45, 7) is 12.8. The van der Waals surface area contributed by atoms with Crippen LogP contribution in [0.3, 0.4) is 0 Å². The molecule has 7 nitrogen and oxygen atoms in total. The molecular formula is C26H41N3O4. The van der Waals surface area contributed by atoms with Crippen LogP contribution in [0.2, 0.25) is 0 Å². The molecule has 0 aliphatic heterocycles. The second-order valence-corrected chi connectivity index (χ2v) is 10.4. The van der Waals surface area contributed by atoms with Crippen molar-refractivity contribution in [1.82, 2.24) is 15.5 Å². The van der Waals surface area contributed by atoms with Crippen LogP contribution in [0.15, 0.2) is 18.2 Å². The van der Waals surface area contributed by atoms with E-state index in [0.29, 0.717) is 0 Å². The largest absolute Gasteiger partial charge is 0.444 e. The van der Waals surface area contributed by atoms with Crippen molar-refractivity contribution < 1.29 is 19.1 Å². The molecule has 1 aliphatic carbocycles. The van der Waals surface area contributed by atoms with Gasteiger partial charge in [-0.15, -0.1) is 0 Å². The van der Waals surface area contributed by atoms with Crippen molar-refractivity contribution in [1.29, 1.82) is 0 Å². The predicted molar refractivity (Wildman–Crippen MR) is 130 cm³/mol. The van der Waals surface area contributed by atoms with Crippen LogP contribution < -0.4 is 10.6 Å². The fourth-order valence-electron chi connectivity index (χ4n) is 4.36. The van der Waals surface area contributed by atoms with Gasteiger partial charge in [-0.25, -0.2) is 4.79 Å². The number of carbonyl (C=O) groups is 3. The van der Waals surface area contributed by atoms with Crippen LogP contribution in [0.1, 0.15) is 89.5 Å². The summed E-state index contributed by atoms with van der Waals surface area (Å²) in [6, 6.07) is 5.02. The third kappa shape index (κ3) is 8.06. The zero-order chi connectivity index (χ0) is 24.8. The number of nitrogens with zero attached hydrogens (tertiary/aromatic N) is 1. The van der Waals surface area contributed by atoms with Crippen LogP contribution in [-0.4, -0.2) is 47.0 Å². The van der Waals surface area contributed by atoms with E-state index in [2.05, 4.69) is 10.6 Å². The molecule has 3 amide bonds. The molecule has 1 aromatic rings. The van der Waals surface area contributed by atoms with Gasteiger partial charge in [-0.3, -0.25) is 9.59 Å². The van der Waals surface area contributed by atoms with Gasteiger partial charge in [0.1, 0.15) is 18.2 Å². The first kappa shape index (κ1) is 26.7. The number of aryl methyl sites for hydroxylation is 2. The van der Waals surface area contributed by atoms with E-state index in [9.17, 15) is 14.4 Å². The molecule has 0 spiro atoms. The molecule has 1 unspecified atom stereocenters. The molecule has 2 N–H and O–H groups in total. The molecule has 1 atom stereocenters. The van der Waals surface area contributed by atoms with Crippen molar-refractivity contribution in [3.63, 3.8) is 0 Å². The van der Waals surface area contributed by atoms with Crippen LogP contribution in [-0.2, 0) is 14.3 Å². The fraction of sp³-hybridized carbons (Fsp3) is 0.654. The van der Waals surface area contributed by atoms with Crippen LogP contribution in [0.4, 0.5) is 4.79 Å². The molecule has 7 heteroatoms. The van der Waals surface area contributed by atoms with Gasteiger partial charge in [0.25, 0.3) is 0 Å². The summed E-state index contributed by atoms with van der Waals surface area (Å²) in [6.07, 6.45) is 4.66. The number of ether oxygens (including phenoxy) is 1. The van der Waals surface area contributed by atoms with Crippen molar-refractivity contribution >= 4 is 17.9 Å². The number of hydrogen-bond acceptors (Lipinski definition) is 4. The number of hydrogen-bond donors (Lipinski definition) is 2. The Kier molecular flexibility index (Phi) is 9.32. The Morgan fingerprint density at radius 2 is 1.73 bits per heavy atom. The zero-order valence-electron chi connectivity index (χ0n) is 21.3. The summed E-state index contributed by atoms with van der Waals surface area (Å²) >= 11 is 0. The number of rotatable bonds is 7. The number of nitrogens with one attached hydrogen (secondary N) is 2. The van der Waals surface area contributed by atoms with E-state index in [4.69, 9.17) is 4.74 Å². The Bertz CT molecular complexity index is 838. The highest BCUT2D eigenvalue weighted by atomic mass is 16.6. The molecule has 0 saturated heterocycles. The van der Waals surface area contributed by atoms with Crippen LogP contribution in [0.25, 0.3) is 0 Å². The van der Waals surface area contributed by atoms with E-state index in [-0.39, 0.29) is 30.4 Å². The first-order valence-electron chi connectivity index (χ1n) is 12.0. The standard InChI is InChI=1S/C26H41N3O4/c1-17(2)29(22(30)16-27-25(32)33-26(5,6)7)23(21-14-13-18(3)15-19(21)4)24(31)28-20-11-9-8-10-12-20/h13-15,17,20,23H,8-12,16H2,1-7H3,(H,27,32)(H,28,31). The van der Waals surface area contributed by atoms with E-state index in [0.717, 1.165) is 42.4 Å². The molecule has 1 fully saturated rings. The topological polar surface area (TPSA) is 87.7 Å². The van der Waals surface area contributed by atoms with Gasteiger partial charge in [-0.1, -0.05) is 43.0 Å². The molecule has 0 bridgehead atoms. The van der Waals surface area contributed by atoms with E-state index in [1.54, 1.807) is 25.7 Å². The molecule has 33 heavy (non-hydrogen) atoms. The highest BCUT2D eigenvalue weighted by molar-refractivity contribution is 5.91. The molecule has 0 heterocycles. The van der Waals surface area contributed by atoms with Gasteiger partial charge in [0, 0.05) is 12.1 Å². The first-order valence-corrected chi connectivity index (χ1v) is 12.0. The number of alkyl carbamates (subject to hydrolysis) is 1. The minimum atomic E-state index is -0.777. The van der Waals surface area contributed by atoms with Gasteiger partial charge in [0.05, 0.1) is 0 Å². The quantitative estimate of drug-likeness (QED) is 0.626. The average molecular weight is 460 g/mol. The van der Waals surface area contributed by atoms with Gasteiger partial charge in [-0.05, 0) is 72.4 Å². The maximum absolute atomic E-state index is 13.6. The second-order valence-electron chi connectivity index (χ2n) is 10.4. The van der Waals surface area contributed by atoms with Gasteiger partial charge >= 0.3 is 6.09 Å². The lowest BCUT2D eigenvalue weighted by Crippen LogP contribution is -2.52. The lowest BCUT2D eigenvalue weighted by Gasteiger charge is -2.36. The smallest absolute Gasteiger partial charge is 0.408 e. The minimum Gasteiger partial charge on any atom is -0.444 e. The highest BCUT2D eigenvalue weighted by Gasteiger charge is 2.35. The van der Waals surface area contributed by atoms with Crippen molar-refractivity contribution in [2.75, 3.05) is 6.54 Å². The molecule has 2 rings (SSSR count). The van der Waals surface area contributed by atoms with E-state index < -0.39 is 17.7 Å². The molecule has 1 aromatic carbocycles. The summed E-state index contributed by atoms with van der Waals surface area (Å²) in [7, 11) is 0. The Hall–Kier alpha value is -2.57. The Morgan fingerprint density at radius 1 is 1.09 bits per heavy atom. The SMILES string of the molecule is Cc1ccc(C(C(=O)NC2CCCCC2)N(C(=O)CNC(=O)OC(C)(C)C)C(C)C)c(C)c1. The Morgan fingerprint density at radius 3 is 2.27 bits per heavy atom. The summed E-state index contributed by atoms with van der Waals surface area (Å²) in [4.78, 5) is 40.6. The molecule has 0 aromatic heterocycles. The highest BCUT2D eigenvalue weighted by Crippen LogP contribution is 2.28. The fourth-order valence-corrected chi connectivity index (χ4v) is 4.36. The maximum atomic E-state index is 13.6. The van der Waals surface area contributed by atoms with Crippen molar-refractivity contribution in [2.45, 2.75) is 104 Å². The monoisotopic (exact) mass is 459 g/mol. The third-order valence-corrected chi connectivity index (χ3v) is 5.83. The van der Waals surface area contributed by atoms with Gasteiger partial charge in [0.2, 0.25) is 11.8 Å². The lowest BCUT2D eigenvalue weighted by molar-refractivity contribution is -0.142. The maximum Gasteiger partial charge on any atom is 0.408 e. The Labute approximate surface area is 198 Å². The summed E-state index contributed by atoms with van der Waals surface area (Å²) in [5.41, 5.74) is 2.19. The zero-order valence-corrected chi connectivity index (χ0v) is 21.3. The summed E-state index contributed by atoms with van der Waals surface area (Å²) in [5, 5.41) is 5.74. The van der Waals surface area contributed by atoms with Crippen molar-refractivity contribution in [2.24, 2.45) is 0 Å². The second kappa shape index (κ2) is 11.5. The predicted octanol–water partition coefficient (Wildman–Crippen LogP) is 4.56. The van der Waals surface area contributed by atoms with Crippen LogP contribution >= 0.6 is 0 Å². The number of amides is 3. The molecule has 1 aliphatic rings. The van der Waals surface area contributed by atoms with Crippen LogP contribution in [0, 0.1) is 13.8 Å². The van der Waals surface area contributed by atoms with E-state index in [1.165, 1.54) is 6.42 Å². The van der Waals surface area contributed by atoms with E-state index >= 15 is 0 Å². The summed E-state index contributed by atoms with van der Waals surface area (Å²) < 4.78 is 5.25. The Balaban J connectivity index is 2.30. The van der Waals surface area contributed by atoms with Crippen LogP contribution in [0.5, 0.6) is 0 Å². The van der Waals surface area contributed by atoms with Crippen molar-refractivity contribution in [3.8, 4) is 0 Å². The van der Waals surface area contributed by atoms with E-state index in [1.807, 2.05) is 45.9 Å². The number of carbonyl (C=O) groups excluding carboxylic acids is 3. The molecule has 1 saturated carbocycles. The van der Waals surface area contributed by atoms with Gasteiger partial charge in [-0.2, -0.15) is 0 Å². The van der Waals surface area contributed by atoms with Crippen molar-refractivity contribution in [3.05, 3.63) is 34.9 Å². The third-order valence-electron chi connectivity index (χ3n) is 5.83. The number of benzene rings is 1. The summed E-state index contributed by atoms with van der Waals surface area (Å²) in [5.74, 6) is -0.507. The minimum absolute atomic E-state index is 0.128.